The molecule has 2 aliphatic rings. The molecule has 0 aliphatic carbocycles. The second-order valence-electron chi connectivity index (χ2n) is 8.23. The van der Waals surface area contributed by atoms with Gasteiger partial charge in [0.05, 0.1) is 12.3 Å². The largest absolute Gasteiger partial charge is 0.463 e. The van der Waals surface area contributed by atoms with Crippen molar-refractivity contribution in [1.29, 1.82) is 0 Å². The topological polar surface area (TPSA) is 158 Å². The number of rotatable bonds is 9. The SMILES string of the molecule is CC(=O)OC[C@H]1O[C@H](OC[C@@H]2CC(c3ccc(Br)cn3)=NO2)[C@H](OC(C)=O)[C@@H](OC(C)=O)[C@@H]1OC(C)=O. The maximum Gasteiger partial charge on any atom is 0.303 e. The summed E-state index contributed by atoms with van der Waals surface area (Å²) in [6.07, 6.45) is -4.78. The van der Waals surface area contributed by atoms with Crippen molar-refractivity contribution in [2.45, 2.75) is 70.9 Å². The van der Waals surface area contributed by atoms with Gasteiger partial charge < -0.3 is 33.3 Å². The molecule has 1 aromatic heterocycles. The molecule has 3 heterocycles. The highest BCUT2D eigenvalue weighted by Crippen LogP contribution is 2.30. The third-order valence-corrected chi connectivity index (χ3v) is 5.62. The second kappa shape index (κ2) is 12.9. The standard InChI is InChI=1S/C23H27BrN2O11/c1-11(27)31-10-19-20(33-12(2)28)21(34-13(3)29)22(35-14(4)30)23(36-19)32-9-16-7-18(26-37-16)17-6-5-15(24)8-25-17/h5-6,8,16,19-23H,7,9-10H2,1-4H3/t16-,19+,20+,21-,22+,23-/m0/s1. The van der Waals surface area contributed by atoms with Crippen LogP contribution in [-0.2, 0) is 52.4 Å². The number of carbonyl (C=O) groups is 4. The van der Waals surface area contributed by atoms with Crippen molar-refractivity contribution >= 4 is 45.5 Å². The Labute approximate surface area is 220 Å². The Morgan fingerprint density at radius 3 is 2.16 bits per heavy atom. The molecule has 1 aromatic rings. The van der Waals surface area contributed by atoms with Gasteiger partial charge in [-0.05, 0) is 28.1 Å². The van der Waals surface area contributed by atoms with Crippen molar-refractivity contribution < 1.29 is 52.4 Å². The molecule has 14 heteroatoms. The maximum atomic E-state index is 11.9. The van der Waals surface area contributed by atoms with Crippen LogP contribution in [0.4, 0.5) is 0 Å². The van der Waals surface area contributed by atoms with Gasteiger partial charge in [-0.2, -0.15) is 0 Å². The molecule has 0 unspecified atom stereocenters. The summed E-state index contributed by atoms with van der Waals surface area (Å²) in [4.78, 5) is 56.8. The van der Waals surface area contributed by atoms with Crippen molar-refractivity contribution in [3.05, 3.63) is 28.5 Å². The summed E-state index contributed by atoms with van der Waals surface area (Å²) >= 11 is 3.33. The van der Waals surface area contributed by atoms with E-state index in [2.05, 4.69) is 26.1 Å². The number of aromatic nitrogens is 1. The number of oxime groups is 1. The van der Waals surface area contributed by atoms with Gasteiger partial charge in [0.25, 0.3) is 0 Å². The highest BCUT2D eigenvalue weighted by Gasteiger charge is 2.53. The minimum atomic E-state index is -1.31. The van der Waals surface area contributed by atoms with Crippen molar-refractivity contribution in [2.24, 2.45) is 5.16 Å². The van der Waals surface area contributed by atoms with Gasteiger partial charge in [0.2, 0.25) is 0 Å². The molecule has 0 spiro atoms. The number of halogens is 1. The van der Waals surface area contributed by atoms with Gasteiger partial charge in [-0.15, -0.1) is 0 Å². The first-order chi connectivity index (χ1) is 17.5. The first kappa shape index (κ1) is 28.5. The predicted molar refractivity (Wildman–Crippen MR) is 126 cm³/mol. The molecule has 0 aromatic carbocycles. The Hall–Kier alpha value is -3.10. The number of carbonyl (C=O) groups excluding carboxylic acids is 4. The first-order valence-electron chi connectivity index (χ1n) is 11.3. The Kier molecular flexibility index (Phi) is 9.94. The van der Waals surface area contributed by atoms with Crippen molar-refractivity contribution in [2.75, 3.05) is 13.2 Å². The number of hydrogen-bond donors (Lipinski definition) is 0. The molecule has 0 saturated carbocycles. The third-order valence-electron chi connectivity index (χ3n) is 5.15. The van der Waals surface area contributed by atoms with Gasteiger partial charge in [-0.25, -0.2) is 0 Å². The van der Waals surface area contributed by atoms with Gasteiger partial charge in [0, 0.05) is 44.8 Å². The van der Waals surface area contributed by atoms with Gasteiger partial charge in [0.15, 0.2) is 30.7 Å². The van der Waals surface area contributed by atoms with E-state index < -0.39 is 60.7 Å². The van der Waals surface area contributed by atoms with Crippen LogP contribution < -0.4 is 0 Å². The molecule has 202 valence electrons. The zero-order valence-electron chi connectivity index (χ0n) is 20.6. The summed E-state index contributed by atoms with van der Waals surface area (Å²) in [5.74, 6) is -2.78. The zero-order chi connectivity index (χ0) is 27.1. The number of esters is 4. The van der Waals surface area contributed by atoms with E-state index >= 15 is 0 Å². The van der Waals surface area contributed by atoms with Crippen molar-refractivity contribution in [3.8, 4) is 0 Å². The van der Waals surface area contributed by atoms with Gasteiger partial charge in [0.1, 0.15) is 18.4 Å². The molecule has 0 bridgehead atoms. The molecular formula is C23H27BrN2O11. The molecular weight excluding hydrogens is 560 g/mol. The highest BCUT2D eigenvalue weighted by atomic mass is 79.9. The summed E-state index contributed by atoms with van der Waals surface area (Å²) in [7, 11) is 0. The lowest BCUT2D eigenvalue weighted by molar-refractivity contribution is -0.311. The lowest BCUT2D eigenvalue weighted by Crippen LogP contribution is -2.63. The van der Waals surface area contributed by atoms with E-state index in [1.807, 2.05) is 6.07 Å². The summed E-state index contributed by atoms with van der Waals surface area (Å²) in [6, 6.07) is 3.61. The fourth-order valence-electron chi connectivity index (χ4n) is 3.74. The number of hydrogen-bond acceptors (Lipinski definition) is 13. The van der Waals surface area contributed by atoms with Gasteiger partial charge in [-0.3, -0.25) is 24.2 Å². The quantitative estimate of drug-likeness (QED) is 0.303. The van der Waals surface area contributed by atoms with E-state index in [0.717, 1.165) is 25.2 Å². The molecule has 6 atom stereocenters. The molecule has 13 nitrogen and oxygen atoms in total. The second-order valence-corrected chi connectivity index (χ2v) is 9.15. The number of nitrogens with zero attached hydrogens (tertiary/aromatic N) is 2. The van der Waals surface area contributed by atoms with E-state index in [1.165, 1.54) is 6.92 Å². The van der Waals surface area contributed by atoms with E-state index in [1.54, 1.807) is 12.3 Å². The molecule has 37 heavy (non-hydrogen) atoms. The Morgan fingerprint density at radius 1 is 0.919 bits per heavy atom. The normalized spacial score (nSPS) is 26.9. The Balaban J connectivity index is 1.77. The fourth-order valence-corrected chi connectivity index (χ4v) is 3.98. The molecule has 0 N–H and O–H groups in total. The van der Waals surface area contributed by atoms with Crippen LogP contribution in [0.3, 0.4) is 0 Å². The van der Waals surface area contributed by atoms with E-state index in [0.29, 0.717) is 17.8 Å². The lowest BCUT2D eigenvalue weighted by Gasteiger charge is -2.44. The van der Waals surface area contributed by atoms with Crippen LogP contribution in [0.25, 0.3) is 0 Å². The molecule has 2 aliphatic heterocycles. The summed E-state index contributed by atoms with van der Waals surface area (Å²) in [6.45, 7) is 4.23. The van der Waals surface area contributed by atoms with Crippen LogP contribution in [0.5, 0.6) is 0 Å². The average molecular weight is 587 g/mol. The minimum absolute atomic E-state index is 0.0583. The molecule has 0 amide bonds. The Morgan fingerprint density at radius 2 is 1.57 bits per heavy atom. The van der Waals surface area contributed by atoms with Crippen LogP contribution in [0, 0.1) is 0 Å². The summed E-state index contributed by atoms with van der Waals surface area (Å²) in [5, 5.41) is 4.06. The highest BCUT2D eigenvalue weighted by molar-refractivity contribution is 9.10. The van der Waals surface area contributed by atoms with Crippen LogP contribution in [-0.4, -0.2) is 84.6 Å². The van der Waals surface area contributed by atoms with Gasteiger partial charge >= 0.3 is 23.9 Å². The van der Waals surface area contributed by atoms with Crippen molar-refractivity contribution in [3.63, 3.8) is 0 Å². The van der Waals surface area contributed by atoms with E-state index in [9.17, 15) is 19.2 Å². The molecule has 1 fully saturated rings. The summed E-state index contributed by atoms with van der Waals surface area (Å²) in [5.41, 5.74) is 1.25. The molecule has 0 radical (unpaired) electrons. The zero-order valence-corrected chi connectivity index (χ0v) is 22.2. The molecule has 1 saturated heterocycles. The van der Waals surface area contributed by atoms with Gasteiger partial charge in [-0.1, -0.05) is 5.16 Å². The molecule has 3 rings (SSSR count). The monoisotopic (exact) mass is 586 g/mol. The fraction of sp³-hybridized carbons (Fsp3) is 0.565. The predicted octanol–water partition coefficient (Wildman–Crippen LogP) is 1.44. The van der Waals surface area contributed by atoms with E-state index in [-0.39, 0.29) is 13.2 Å². The van der Waals surface area contributed by atoms with Crippen LogP contribution in [0.15, 0.2) is 28.0 Å². The van der Waals surface area contributed by atoms with Crippen LogP contribution >= 0.6 is 15.9 Å². The first-order valence-corrected chi connectivity index (χ1v) is 12.1. The Bertz CT molecular complexity index is 1030. The average Bonchev–Trinajstić information content (AvgIpc) is 3.28. The van der Waals surface area contributed by atoms with Crippen LogP contribution in [0.1, 0.15) is 39.8 Å². The summed E-state index contributed by atoms with van der Waals surface area (Å²) < 4.78 is 33.7. The minimum Gasteiger partial charge on any atom is -0.463 e. The third kappa shape index (κ3) is 8.20. The smallest absolute Gasteiger partial charge is 0.303 e. The lowest BCUT2D eigenvalue weighted by atomic mass is 9.98. The van der Waals surface area contributed by atoms with Crippen molar-refractivity contribution in [1.82, 2.24) is 4.98 Å². The number of pyridine rings is 1. The van der Waals surface area contributed by atoms with E-state index in [4.69, 9.17) is 33.3 Å². The van der Waals surface area contributed by atoms with Crippen LogP contribution in [0.2, 0.25) is 0 Å². The number of ether oxygens (including phenoxy) is 6. The maximum absolute atomic E-state index is 11.9.